The minimum absolute atomic E-state index is 0.00952. The first kappa shape index (κ1) is 14.5. The van der Waals surface area contributed by atoms with Crippen LogP contribution >= 0.6 is 15.9 Å². The molecule has 0 unspecified atom stereocenters. The van der Waals surface area contributed by atoms with Gasteiger partial charge in [0.15, 0.2) is 5.78 Å². The number of ketones is 1. The van der Waals surface area contributed by atoms with E-state index in [1.54, 1.807) is 25.3 Å². The molecule has 1 aromatic carbocycles. The number of benzene rings is 1. The van der Waals surface area contributed by atoms with Crippen LogP contribution in [0.3, 0.4) is 0 Å². The Balaban J connectivity index is 2.37. The summed E-state index contributed by atoms with van der Waals surface area (Å²) in [6.45, 7) is 3.46. The Hall–Kier alpha value is -2.45. The van der Waals surface area contributed by atoms with Crippen molar-refractivity contribution >= 4 is 32.7 Å². The molecular formula is C17H12BrN3O. The molecule has 2 aromatic heterocycles. The van der Waals surface area contributed by atoms with Gasteiger partial charge in [-0.3, -0.25) is 9.78 Å². The summed E-state index contributed by atoms with van der Waals surface area (Å²) < 4.78 is 2.84. The highest BCUT2D eigenvalue weighted by Gasteiger charge is 2.19. The van der Waals surface area contributed by atoms with Crippen LogP contribution < -0.4 is 0 Å². The van der Waals surface area contributed by atoms with Gasteiger partial charge in [0.1, 0.15) is 0 Å². The fraction of sp³-hybridized carbons (Fsp3) is 0.118. The Morgan fingerprint density at radius 1 is 1.32 bits per heavy atom. The molecule has 0 radical (unpaired) electrons. The molecule has 3 aromatic rings. The molecule has 2 heterocycles. The van der Waals surface area contributed by atoms with Crippen LogP contribution in [0.15, 0.2) is 41.0 Å². The van der Waals surface area contributed by atoms with E-state index in [0.29, 0.717) is 16.6 Å². The van der Waals surface area contributed by atoms with E-state index in [2.05, 4.69) is 27.0 Å². The smallest absolute Gasteiger partial charge is 0.163 e. The van der Waals surface area contributed by atoms with Crippen LogP contribution in [0.2, 0.25) is 0 Å². The summed E-state index contributed by atoms with van der Waals surface area (Å²) >= 11 is 3.43. The first-order chi connectivity index (χ1) is 10.5. The van der Waals surface area contributed by atoms with Gasteiger partial charge in [-0.25, -0.2) is 0 Å². The minimum atomic E-state index is -0.00952. The van der Waals surface area contributed by atoms with E-state index in [1.807, 2.05) is 29.7 Å². The predicted octanol–water partition coefficient (Wildman–Crippen LogP) is 4.17. The Morgan fingerprint density at radius 2 is 2.00 bits per heavy atom. The van der Waals surface area contributed by atoms with E-state index in [4.69, 9.17) is 5.26 Å². The van der Waals surface area contributed by atoms with Crippen LogP contribution in [0.4, 0.5) is 0 Å². The molecule has 0 aliphatic carbocycles. The van der Waals surface area contributed by atoms with E-state index < -0.39 is 0 Å². The minimum Gasteiger partial charge on any atom is -0.311 e. The predicted molar refractivity (Wildman–Crippen MR) is 88.2 cm³/mol. The monoisotopic (exact) mass is 353 g/mol. The second kappa shape index (κ2) is 5.39. The van der Waals surface area contributed by atoms with Crippen molar-refractivity contribution in [2.24, 2.45) is 0 Å². The van der Waals surface area contributed by atoms with Crippen LogP contribution in [0, 0.1) is 18.3 Å². The summed E-state index contributed by atoms with van der Waals surface area (Å²) in [4.78, 5) is 16.4. The average Bonchev–Trinajstić information content (AvgIpc) is 2.78. The molecule has 22 heavy (non-hydrogen) atoms. The lowest BCUT2D eigenvalue weighted by Crippen LogP contribution is -1.99. The molecule has 0 aliphatic heterocycles. The lowest BCUT2D eigenvalue weighted by molar-refractivity contribution is 0.101. The number of fused-ring (bicyclic) bond motifs is 1. The van der Waals surface area contributed by atoms with E-state index in [0.717, 1.165) is 21.4 Å². The normalized spacial score (nSPS) is 10.6. The van der Waals surface area contributed by atoms with E-state index >= 15 is 0 Å². The maximum absolute atomic E-state index is 12.0. The lowest BCUT2D eigenvalue weighted by Gasteiger charge is -2.08. The van der Waals surface area contributed by atoms with E-state index in [9.17, 15) is 4.79 Å². The highest BCUT2D eigenvalue weighted by atomic mass is 79.9. The number of nitriles is 1. The number of aromatic nitrogens is 2. The highest BCUT2D eigenvalue weighted by molar-refractivity contribution is 9.10. The van der Waals surface area contributed by atoms with Gasteiger partial charge >= 0.3 is 0 Å². The number of hydrogen-bond donors (Lipinski definition) is 0. The van der Waals surface area contributed by atoms with Crippen molar-refractivity contribution in [2.45, 2.75) is 13.8 Å². The SMILES string of the molecule is CC(=O)c1c(C)n(-c2ccc(C#N)cc2)c2cc(Br)cnc12. The summed E-state index contributed by atoms with van der Waals surface area (Å²) in [5.41, 5.74) is 4.53. The molecule has 108 valence electrons. The van der Waals surface area contributed by atoms with Crippen molar-refractivity contribution in [3.8, 4) is 11.8 Å². The standard InChI is InChI=1S/C17H12BrN3O/c1-10-16(11(2)22)17-15(7-13(18)9-20-17)21(10)14-5-3-12(8-19)4-6-14/h3-7,9H,1-2H3. The maximum Gasteiger partial charge on any atom is 0.163 e. The summed E-state index contributed by atoms with van der Waals surface area (Å²) in [7, 11) is 0. The third-order valence-corrected chi connectivity index (χ3v) is 4.05. The van der Waals surface area contributed by atoms with Crippen LogP contribution in [0.5, 0.6) is 0 Å². The third-order valence-electron chi connectivity index (χ3n) is 3.62. The summed E-state index contributed by atoms with van der Waals surface area (Å²) in [6, 6.07) is 11.3. The highest BCUT2D eigenvalue weighted by Crippen LogP contribution is 2.30. The molecular weight excluding hydrogens is 342 g/mol. The molecule has 5 heteroatoms. The maximum atomic E-state index is 12.0. The molecule has 3 rings (SSSR count). The third kappa shape index (κ3) is 2.22. The number of carbonyl (C=O) groups is 1. The van der Waals surface area contributed by atoms with Gasteiger partial charge in [-0.1, -0.05) is 0 Å². The van der Waals surface area contributed by atoms with Crippen molar-refractivity contribution in [3.63, 3.8) is 0 Å². The van der Waals surface area contributed by atoms with E-state index in [1.165, 1.54) is 0 Å². The Labute approximate surface area is 136 Å². The summed E-state index contributed by atoms with van der Waals surface area (Å²) in [5, 5.41) is 8.92. The molecule has 0 saturated heterocycles. The van der Waals surface area contributed by atoms with Crippen molar-refractivity contribution < 1.29 is 4.79 Å². The molecule has 0 amide bonds. The van der Waals surface area contributed by atoms with Gasteiger partial charge in [0.25, 0.3) is 0 Å². The van der Waals surface area contributed by atoms with Crippen LogP contribution in [-0.4, -0.2) is 15.3 Å². The summed E-state index contributed by atoms with van der Waals surface area (Å²) in [6.07, 6.45) is 1.69. The van der Waals surface area contributed by atoms with Gasteiger partial charge in [0.2, 0.25) is 0 Å². The molecule has 0 N–H and O–H groups in total. The van der Waals surface area contributed by atoms with Gasteiger partial charge in [0, 0.05) is 22.1 Å². The Morgan fingerprint density at radius 3 is 2.59 bits per heavy atom. The lowest BCUT2D eigenvalue weighted by atomic mass is 10.1. The zero-order valence-corrected chi connectivity index (χ0v) is 13.7. The number of halogens is 1. The number of carbonyl (C=O) groups excluding carboxylic acids is 1. The van der Waals surface area contributed by atoms with Gasteiger partial charge in [-0.2, -0.15) is 5.26 Å². The van der Waals surface area contributed by atoms with Gasteiger partial charge in [0.05, 0.1) is 28.2 Å². The number of pyridine rings is 1. The fourth-order valence-electron chi connectivity index (χ4n) is 2.69. The molecule has 0 fully saturated rings. The Kier molecular flexibility index (Phi) is 3.55. The molecule has 0 bridgehead atoms. The van der Waals surface area contributed by atoms with Crippen LogP contribution in [0.25, 0.3) is 16.7 Å². The first-order valence-corrected chi connectivity index (χ1v) is 7.50. The number of Topliss-reactive ketones (excluding diaryl/α,β-unsaturated/α-hetero) is 1. The average molecular weight is 354 g/mol. The topological polar surface area (TPSA) is 58.7 Å². The molecule has 4 nitrogen and oxygen atoms in total. The number of rotatable bonds is 2. The quantitative estimate of drug-likeness (QED) is 0.649. The van der Waals surface area contributed by atoms with Crippen LogP contribution in [-0.2, 0) is 0 Å². The largest absolute Gasteiger partial charge is 0.311 e. The second-order valence-corrected chi connectivity index (χ2v) is 5.95. The van der Waals surface area contributed by atoms with Crippen molar-refractivity contribution in [2.75, 3.05) is 0 Å². The molecule has 0 aliphatic rings. The van der Waals surface area contributed by atoms with Crippen LogP contribution in [0.1, 0.15) is 28.5 Å². The van der Waals surface area contributed by atoms with Gasteiger partial charge < -0.3 is 4.57 Å². The van der Waals surface area contributed by atoms with Gasteiger partial charge in [-0.05, 0) is 60.1 Å². The second-order valence-electron chi connectivity index (χ2n) is 5.03. The zero-order valence-electron chi connectivity index (χ0n) is 12.1. The van der Waals surface area contributed by atoms with E-state index in [-0.39, 0.29) is 5.78 Å². The Bertz CT molecular complexity index is 933. The molecule has 0 spiro atoms. The first-order valence-electron chi connectivity index (χ1n) is 6.71. The van der Waals surface area contributed by atoms with Crippen molar-refractivity contribution in [1.29, 1.82) is 5.26 Å². The number of nitrogens with zero attached hydrogens (tertiary/aromatic N) is 3. The van der Waals surface area contributed by atoms with Crippen molar-refractivity contribution in [1.82, 2.24) is 9.55 Å². The van der Waals surface area contributed by atoms with Gasteiger partial charge in [-0.15, -0.1) is 0 Å². The fourth-order valence-corrected chi connectivity index (χ4v) is 3.01. The molecule has 0 atom stereocenters. The zero-order chi connectivity index (χ0) is 15.9. The number of hydrogen-bond acceptors (Lipinski definition) is 3. The van der Waals surface area contributed by atoms with Crippen molar-refractivity contribution in [3.05, 3.63) is 57.8 Å². The summed E-state index contributed by atoms with van der Waals surface area (Å²) in [5.74, 6) is -0.00952. The molecule has 0 saturated carbocycles.